The fraction of sp³-hybridized carbons (Fsp3) is 0.627. The molecule has 0 saturated heterocycles. The molecule has 0 radical (unpaired) electrons. The molecule has 0 aromatic heterocycles. The van der Waals surface area contributed by atoms with Gasteiger partial charge in [0.2, 0.25) is 0 Å². The molecule has 0 heterocycles. The van der Waals surface area contributed by atoms with E-state index in [9.17, 15) is 14.3 Å². The van der Waals surface area contributed by atoms with Crippen molar-refractivity contribution in [2.45, 2.75) is 174 Å². The lowest BCUT2D eigenvalue weighted by Gasteiger charge is -2.20. The molecule has 0 aliphatic rings. The molecule has 8 nitrogen and oxygen atoms in total. The van der Waals surface area contributed by atoms with Crippen LogP contribution in [0, 0.1) is 0 Å². The number of hydrogen-bond donors (Lipinski definition) is 2. The first kappa shape index (κ1) is 57.2. The molecule has 0 amide bonds. The van der Waals surface area contributed by atoms with E-state index in [0.29, 0.717) is 13.0 Å². The lowest BCUT2D eigenvalue weighted by atomic mass is 10.1. The van der Waals surface area contributed by atoms with Gasteiger partial charge in [-0.25, -0.2) is 4.57 Å². The molecule has 0 fully saturated rings. The van der Waals surface area contributed by atoms with Gasteiger partial charge in [0.15, 0.2) is 0 Å². The van der Waals surface area contributed by atoms with Crippen molar-refractivity contribution in [2.24, 2.45) is 5.73 Å². The Morgan fingerprint density at radius 1 is 0.500 bits per heavy atom. The molecule has 0 bridgehead atoms. The normalized spacial score (nSPS) is 14.4. The van der Waals surface area contributed by atoms with E-state index in [2.05, 4.69) is 123 Å². The van der Waals surface area contributed by atoms with Gasteiger partial charge in [-0.3, -0.25) is 13.8 Å². The molecule has 0 saturated carbocycles. The predicted molar refractivity (Wildman–Crippen MR) is 256 cm³/mol. The van der Waals surface area contributed by atoms with Gasteiger partial charge in [-0.2, -0.15) is 0 Å². The molecule has 0 aromatic rings. The van der Waals surface area contributed by atoms with Gasteiger partial charge >= 0.3 is 13.8 Å². The monoisotopic (exact) mass is 856 g/mol. The number of ether oxygens (including phenoxy) is 2. The Morgan fingerprint density at radius 2 is 0.883 bits per heavy atom. The summed E-state index contributed by atoms with van der Waals surface area (Å²) in [6.45, 7) is 4.58. The van der Waals surface area contributed by atoms with Crippen molar-refractivity contribution in [1.29, 1.82) is 0 Å². The van der Waals surface area contributed by atoms with Crippen LogP contribution in [0.5, 0.6) is 0 Å². The van der Waals surface area contributed by atoms with Crippen LogP contribution in [0.2, 0.25) is 0 Å². The van der Waals surface area contributed by atoms with Crippen molar-refractivity contribution in [3.8, 4) is 0 Å². The van der Waals surface area contributed by atoms with E-state index in [1.165, 1.54) is 64.2 Å². The van der Waals surface area contributed by atoms with E-state index < -0.39 is 19.9 Å². The topological polar surface area (TPSA) is 117 Å². The van der Waals surface area contributed by atoms with Gasteiger partial charge in [-0.15, -0.1) is 0 Å². The Bertz CT molecular complexity index is 1280. The fourth-order valence-electron chi connectivity index (χ4n) is 5.85. The quantitative estimate of drug-likeness (QED) is 0.0269. The van der Waals surface area contributed by atoms with Crippen molar-refractivity contribution >= 4 is 13.8 Å². The number of phosphoric ester groups is 1. The number of carbonyl (C=O) groups excluding carboxylic acids is 1. The third kappa shape index (κ3) is 46.2. The Morgan fingerprint density at radius 3 is 1.32 bits per heavy atom. The number of allylic oxidation sites excluding steroid dienone is 18. The van der Waals surface area contributed by atoms with Crippen molar-refractivity contribution in [2.75, 3.05) is 33.0 Å². The summed E-state index contributed by atoms with van der Waals surface area (Å²) in [6, 6.07) is 0. The van der Waals surface area contributed by atoms with Gasteiger partial charge in [-0.1, -0.05) is 181 Å². The molecular weight excluding hydrogens is 770 g/mol. The zero-order valence-electron chi connectivity index (χ0n) is 37.9. The maximum absolute atomic E-state index is 12.6. The summed E-state index contributed by atoms with van der Waals surface area (Å²) in [5.74, 6) is -0.392. The fourth-order valence-corrected chi connectivity index (χ4v) is 6.61. The Labute approximate surface area is 367 Å². The number of carbonyl (C=O) groups is 1. The highest BCUT2D eigenvalue weighted by Crippen LogP contribution is 2.43. The van der Waals surface area contributed by atoms with Crippen molar-refractivity contribution in [1.82, 2.24) is 0 Å². The lowest BCUT2D eigenvalue weighted by Crippen LogP contribution is -2.28. The number of hydrogen-bond acceptors (Lipinski definition) is 7. The first-order valence-electron chi connectivity index (χ1n) is 23.4. The third-order valence-corrected chi connectivity index (χ3v) is 10.2. The smallest absolute Gasteiger partial charge is 0.457 e. The van der Waals surface area contributed by atoms with Crippen LogP contribution in [0.4, 0.5) is 0 Å². The van der Waals surface area contributed by atoms with Crippen LogP contribution in [0.3, 0.4) is 0 Å². The lowest BCUT2D eigenvalue weighted by molar-refractivity contribution is -0.154. The summed E-state index contributed by atoms with van der Waals surface area (Å²) in [7, 11) is -4.30. The first-order valence-corrected chi connectivity index (χ1v) is 24.9. The van der Waals surface area contributed by atoms with Crippen LogP contribution >= 0.6 is 7.82 Å². The zero-order chi connectivity index (χ0) is 43.7. The molecule has 2 unspecified atom stereocenters. The maximum Gasteiger partial charge on any atom is 0.472 e. The van der Waals surface area contributed by atoms with Gasteiger partial charge in [-0.05, 0) is 89.9 Å². The second-order valence-electron chi connectivity index (χ2n) is 14.9. The molecule has 0 spiro atoms. The molecule has 0 rings (SSSR count). The number of esters is 1. The molecule has 3 N–H and O–H groups in total. The zero-order valence-corrected chi connectivity index (χ0v) is 38.8. The molecule has 0 aliphatic heterocycles. The molecular formula is C51H86NO7P. The number of nitrogens with two attached hydrogens (primary N) is 1. The van der Waals surface area contributed by atoms with Gasteiger partial charge in [0.05, 0.1) is 19.8 Å². The highest BCUT2D eigenvalue weighted by atomic mass is 31.2. The summed E-state index contributed by atoms with van der Waals surface area (Å²) in [5, 5.41) is 0. The van der Waals surface area contributed by atoms with E-state index in [1.54, 1.807) is 0 Å². The van der Waals surface area contributed by atoms with E-state index in [-0.39, 0.29) is 32.8 Å². The van der Waals surface area contributed by atoms with Crippen LogP contribution in [0.25, 0.3) is 0 Å². The second-order valence-corrected chi connectivity index (χ2v) is 16.3. The standard InChI is InChI=1S/C51H86NO7P/c1-3-5-7-9-11-13-15-17-19-21-22-23-24-25-26-27-29-31-33-35-37-39-41-43-46-56-48-50(49-58-60(54,55)57-47-45-52)59-51(53)44-42-40-38-36-34-32-30-28-20-18-16-14-12-10-8-6-4-2/h5-8,11-14,17-20,22-23,30,32,36,38,50H,3-4,9-10,15-16,21,24-29,31,33-35,37,39-49,52H2,1-2H3,(H,54,55)/b7-5-,8-6-,13-11-,14-12-,19-17-,20-18-,23-22-,32-30-,38-36-. The van der Waals surface area contributed by atoms with Gasteiger partial charge < -0.3 is 20.1 Å². The van der Waals surface area contributed by atoms with E-state index in [0.717, 1.165) is 77.0 Å². The largest absolute Gasteiger partial charge is 0.472 e. The second kappa shape index (κ2) is 47.2. The Kier molecular flexibility index (Phi) is 45.0. The summed E-state index contributed by atoms with van der Waals surface area (Å²) >= 11 is 0. The van der Waals surface area contributed by atoms with E-state index in [4.69, 9.17) is 24.3 Å². The molecule has 60 heavy (non-hydrogen) atoms. The average molecular weight is 856 g/mol. The predicted octanol–water partition coefficient (Wildman–Crippen LogP) is 14.4. The summed E-state index contributed by atoms with van der Waals surface area (Å²) in [5.41, 5.74) is 5.37. The molecule has 0 aliphatic carbocycles. The highest BCUT2D eigenvalue weighted by Gasteiger charge is 2.25. The number of rotatable bonds is 43. The van der Waals surface area contributed by atoms with Crippen LogP contribution < -0.4 is 5.73 Å². The summed E-state index contributed by atoms with van der Waals surface area (Å²) < 4.78 is 33.4. The SMILES string of the molecule is CC/C=C\C/C=C\C/C=C\C/C=C\C/C=C\CCCC(=O)OC(COCCCCCCCCCCCCC/C=C\C/C=C\C/C=C\C/C=C\CC)COP(=O)(O)OCCN. The summed E-state index contributed by atoms with van der Waals surface area (Å²) in [6.07, 6.45) is 64.1. The Balaban J connectivity index is 4.07. The minimum Gasteiger partial charge on any atom is -0.457 e. The van der Waals surface area contributed by atoms with Crippen LogP contribution in [0.1, 0.15) is 168 Å². The van der Waals surface area contributed by atoms with Gasteiger partial charge in [0, 0.05) is 19.6 Å². The Hall–Kier alpha value is -2.84. The first-order chi connectivity index (χ1) is 29.4. The minimum absolute atomic E-state index is 0.0842. The van der Waals surface area contributed by atoms with Crippen molar-refractivity contribution in [3.05, 3.63) is 109 Å². The average Bonchev–Trinajstić information content (AvgIpc) is 3.24. The van der Waals surface area contributed by atoms with Crippen LogP contribution in [-0.4, -0.2) is 49.9 Å². The van der Waals surface area contributed by atoms with Crippen LogP contribution in [0.15, 0.2) is 109 Å². The maximum atomic E-state index is 12.6. The van der Waals surface area contributed by atoms with E-state index in [1.807, 2.05) is 0 Å². The molecule has 9 heteroatoms. The molecule has 2 atom stereocenters. The van der Waals surface area contributed by atoms with Crippen molar-refractivity contribution < 1.29 is 32.8 Å². The van der Waals surface area contributed by atoms with Gasteiger partial charge in [0.25, 0.3) is 0 Å². The third-order valence-electron chi connectivity index (χ3n) is 9.19. The highest BCUT2D eigenvalue weighted by molar-refractivity contribution is 7.47. The number of unbranched alkanes of at least 4 members (excludes halogenated alkanes) is 12. The van der Waals surface area contributed by atoms with Gasteiger partial charge in [0.1, 0.15) is 6.10 Å². The van der Waals surface area contributed by atoms with E-state index >= 15 is 0 Å². The molecule has 0 aromatic carbocycles. The summed E-state index contributed by atoms with van der Waals surface area (Å²) in [4.78, 5) is 22.5. The number of phosphoric acid groups is 1. The molecule has 342 valence electrons. The van der Waals surface area contributed by atoms with Crippen LogP contribution in [-0.2, 0) is 27.9 Å². The minimum atomic E-state index is -4.30. The van der Waals surface area contributed by atoms with Crippen molar-refractivity contribution in [3.63, 3.8) is 0 Å².